The van der Waals surface area contributed by atoms with Crippen molar-refractivity contribution in [1.29, 1.82) is 0 Å². The highest BCUT2D eigenvalue weighted by molar-refractivity contribution is 7.47. The van der Waals surface area contributed by atoms with E-state index in [0.29, 0.717) is 12.8 Å². The predicted molar refractivity (Wildman–Crippen MR) is 180 cm³/mol. The van der Waals surface area contributed by atoms with E-state index in [1.54, 1.807) is 0 Å². The van der Waals surface area contributed by atoms with Crippen LogP contribution in [-0.2, 0) is 32.7 Å². The number of aliphatic carboxylic acids is 1. The van der Waals surface area contributed by atoms with Crippen LogP contribution in [0.5, 0.6) is 0 Å². The molecule has 46 heavy (non-hydrogen) atoms. The fourth-order valence-corrected chi connectivity index (χ4v) is 5.23. The molecule has 0 aliphatic carbocycles. The number of rotatable bonds is 32. The zero-order valence-electron chi connectivity index (χ0n) is 28.4. The molecule has 0 radical (unpaired) electrons. The van der Waals surface area contributed by atoms with Crippen molar-refractivity contribution >= 4 is 25.7 Å². The lowest BCUT2D eigenvalue weighted by atomic mass is 10.1. The lowest BCUT2D eigenvalue weighted by Crippen LogP contribution is -2.43. The van der Waals surface area contributed by atoms with Crippen molar-refractivity contribution in [2.75, 3.05) is 19.8 Å². The summed E-state index contributed by atoms with van der Waals surface area (Å²) in [6.45, 7) is 2.45. The zero-order chi connectivity index (χ0) is 34.3. The van der Waals surface area contributed by atoms with Gasteiger partial charge in [-0.1, -0.05) is 109 Å². The zero-order valence-corrected chi connectivity index (χ0v) is 29.3. The minimum Gasteiger partial charge on any atom is -0.480 e. The normalized spacial score (nSPS) is 14.3. The fraction of sp³-hybridized carbons (Fsp3) is 0.794. The molecule has 3 atom stereocenters. The number of unbranched alkanes of at least 4 members (excludes halogenated alkanes) is 14. The second-order valence-electron chi connectivity index (χ2n) is 11.7. The summed E-state index contributed by atoms with van der Waals surface area (Å²) in [7, 11) is -4.74. The number of allylic oxidation sites excluding steroid dienone is 4. The van der Waals surface area contributed by atoms with Crippen LogP contribution in [0.15, 0.2) is 24.3 Å². The second-order valence-corrected chi connectivity index (χ2v) is 13.2. The van der Waals surface area contributed by atoms with Gasteiger partial charge in [0.05, 0.1) is 13.2 Å². The van der Waals surface area contributed by atoms with E-state index in [1.807, 2.05) is 0 Å². The van der Waals surface area contributed by atoms with Crippen LogP contribution >= 0.6 is 7.82 Å². The maximum Gasteiger partial charge on any atom is 0.472 e. The van der Waals surface area contributed by atoms with Gasteiger partial charge in [-0.25, -0.2) is 9.36 Å². The molecule has 0 spiro atoms. The van der Waals surface area contributed by atoms with Gasteiger partial charge in [-0.3, -0.25) is 18.6 Å². The average Bonchev–Trinajstić information content (AvgIpc) is 3.02. The molecule has 0 aliphatic heterocycles. The molecule has 0 heterocycles. The summed E-state index contributed by atoms with van der Waals surface area (Å²) in [5, 5.41) is 21.6. The molecule has 0 saturated carbocycles. The summed E-state index contributed by atoms with van der Waals surface area (Å²) in [6, 6.07) is -1.54. The number of hydrogen-bond donors (Lipinski definition) is 4. The predicted octanol–water partition coefficient (Wildman–Crippen LogP) is 7.55. The Morgan fingerprint density at radius 3 is 1.80 bits per heavy atom. The number of carbonyl (C=O) groups excluding carboxylic acids is 2. The lowest BCUT2D eigenvalue weighted by Gasteiger charge is -2.18. The number of hydrogen-bond acceptors (Lipinski definition) is 8. The molecule has 0 aromatic heterocycles. The standard InChI is InChI=1S/C34H62NO10P/c1-3-5-7-9-11-12-13-14-15-16-17-18-20-22-24-26-33(38)43-27-30(36)28-44-46(41,42)45-29-31(34(39)40)35-32(37)25-23-21-19-10-8-6-4-2/h11-12,14-15,30-31,36H,3-10,13,16-29H2,1-2H3,(H,35,37)(H,39,40)(H,41,42)/b12-11-,15-14-. The van der Waals surface area contributed by atoms with Crippen molar-refractivity contribution < 1.29 is 47.8 Å². The van der Waals surface area contributed by atoms with Crippen molar-refractivity contribution in [2.45, 2.75) is 154 Å². The number of ether oxygens (including phenoxy) is 1. The third kappa shape index (κ3) is 29.4. The number of aliphatic hydroxyl groups excluding tert-OH is 1. The van der Waals surface area contributed by atoms with Crippen LogP contribution in [-0.4, -0.2) is 64.9 Å². The fourth-order valence-electron chi connectivity index (χ4n) is 4.46. The Morgan fingerprint density at radius 1 is 0.696 bits per heavy atom. The Bertz CT molecular complexity index is 895. The average molecular weight is 676 g/mol. The number of esters is 1. The van der Waals surface area contributed by atoms with Crippen LogP contribution in [0.4, 0.5) is 0 Å². The van der Waals surface area contributed by atoms with E-state index in [1.165, 1.54) is 25.7 Å². The van der Waals surface area contributed by atoms with Crippen LogP contribution in [0.25, 0.3) is 0 Å². The molecule has 0 aromatic rings. The number of amides is 1. The molecule has 4 N–H and O–H groups in total. The summed E-state index contributed by atoms with van der Waals surface area (Å²) in [5.74, 6) is -2.40. The highest BCUT2D eigenvalue weighted by atomic mass is 31.2. The molecule has 1 amide bonds. The summed E-state index contributed by atoms with van der Waals surface area (Å²) < 4.78 is 26.6. The molecule has 3 unspecified atom stereocenters. The van der Waals surface area contributed by atoms with Crippen LogP contribution in [0.1, 0.15) is 142 Å². The van der Waals surface area contributed by atoms with Crippen molar-refractivity contribution in [2.24, 2.45) is 0 Å². The first kappa shape index (κ1) is 44.0. The van der Waals surface area contributed by atoms with Crippen molar-refractivity contribution in [3.05, 3.63) is 24.3 Å². The molecular formula is C34H62NO10P. The van der Waals surface area contributed by atoms with Crippen LogP contribution in [0, 0.1) is 0 Å². The third-order valence-electron chi connectivity index (χ3n) is 7.24. The van der Waals surface area contributed by atoms with Gasteiger partial charge in [-0.05, 0) is 44.9 Å². The van der Waals surface area contributed by atoms with E-state index in [4.69, 9.17) is 13.8 Å². The minimum atomic E-state index is -4.74. The molecule has 0 aliphatic rings. The van der Waals surface area contributed by atoms with E-state index in [0.717, 1.165) is 77.0 Å². The minimum absolute atomic E-state index is 0.144. The maximum atomic E-state index is 12.1. The van der Waals surface area contributed by atoms with Crippen molar-refractivity contribution in [1.82, 2.24) is 5.32 Å². The molecule has 12 heteroatoms. The van der Waals surface area contributed by atoms with E-state index in [9.17, 15) is 34.1 Å². The molecule has 0 fully saturated rings. The Kier molecular flexibility index (Phi) is 29.0. The van der Waals surface area contributed by atoms with Crippen molar-refractivity contribution in [3.63, 3.8) is 0 Å². The quantitative estimate of drug-likeness (QED) is 0.0242. The molecule has 0 aromatic carbocycles. The number of carbonyl (C=O) groups is 3. The van der Waals surface area contributed by atoms with Gasteiger partial charge in [0, 0.05) is 12.8 Å². The van der Waals surface area contributed by atoms with Crippen LogP contribution in [0.3, 0.4) is 0 Å². The third-order valence-corrected chi connectivity index (χ3v) is 8.19. The van der Waals surface area contributed by atoms with Gasteiger partial charge in [0.2, 0.25) is 5.91 Å². The monoisotopic (exact) mass is 675 g/mol. The first-order valence-corrected chi connectivity index (χ1v) is 18.9. The Hall–Kier alpha value is -2.04. The Labute approximate surface area is 277 Å². The molecule has 11 nitrogen and oxygen atoms in total. The number of phosphoric ester groups is 1. The first-order valence-electron chi connectivity index (χ1n) is 17.4. The van der Waals surface area contributed by atoms with E-state index >= 15 is 0 Å². The second kappa shape index (κ2) is 30.3. The lowest BCUT2D eigenvalue weighted by molar-refractivity contribution is -0.147. The molecule has 268 valence electrons. The van der Waals surface area contributed by atoms with Gasteiger partial charge < -0.3 is 25.2 Å². The van der Waals surface area contributed by atoms with E-state index in [-0.39, 0.29) is 12.8 Å². The number of nitrogens with one attached hydrogen (secondary N) is 1. The van der Waals surface area contributed by atoms with Gasteiger partial charge in [-0.15, -0.1) is 0 Å². The van der Waals surface area contributed by atoms with Gasteiger partial charge in [0.25, 0.3) is 0 Å². The summed E-state index contributed by atoms with van der Waals surface area (Å²) in [4.78, 5) is 45.3. The number of phosphoric acid groups is 1. The Balaban J connectivity index is 3.98. The molecule has 0 bridgehead atoms. The van der Waals surface area contributed by atoms with Gasteiger partial charge >= 0.3 is 19.8 Å². The van der Waals surface area contributed by atoms with Gasteiger partial charge in [0.15, 0.2) is 6.04 Å². The highest BCUT2D eigenvalue weighted by Crippen LogP contribution is 2.43. The summed E-state index contributed by atoms with van der Waals surface area (Å²) >= 11 is 0. The van der Waals surface area contributed by atoms with E-state index < -0.39 is 57.6 Å². The summed E-state index contributed by atoms with van der Waals surface area (Å²) in [5.41, 5.74) is 0. The number of carboxylic acid groups (broad SMARTS) is 1. The van der Waals surface area contributed by atoms with Gasteiger partial charge in [-0.2, -0.15) is 0 Å². The smallest absolute Gasteiger partial charge is 0.472 e. The number of aliphatic hydroxyl groups is 1. The molecule has 0 rings (SSSR count). The Morgan fingerprint density at radius 2 is 1.20 bits per heavy atom. The summed E-state index contributed by atoms with van der Waals surface area (Å²) in [6.07, 6.45) is 26.7. The highest BCUT2D eigenvalue weighted by Gasteiger charge is 2.28. The molecule has 0 saturated heterocycles. The number of carboxylic acids is 1. The van der Waals surface area contributed by atoms with E-state index in [2.05, 4.69) is 43.5 Å². The van der Waals surface area contributed by atoms with Crippen LogP contribution < -0.4 is 5.32 Å². The van der Waals surface area contributed by atoms with Crippen LogP contribution in [0.2, 0.25) is 0 Å². The topological polar surface area (TPSA) is 169 Å². The van der Waals surface area contributed by atoms with Gasteiger partial charge in [0.1, 0.15) is 12.7 Å². The largest absolute Gasteiger partial charge is 0.480 e. The maximum absolute atomic E-state index is 12.1. The first-order chi connectivity index (χ1) is 22.1. The van der Waals surface area contributed by atoms with Crippen molar-refractivity contribution in [3.8, 4) is 0 Å². The SMILES string of the molecule is CCCCC/C=C\C/C=C\CCCCCCCC(=O)OCC(O)COP(=O)(O)OCC(NC(=O)CCCCCCCCC)C(=O)O. The molecular weight excluding hydrogens is 613 g/mol.